The van der Waals surface area contributed by atoms with Gasteiger partial charge in [-0.2, -0.15) is 0 Å². The molecule has 110 valence electrons. The highest BCUT2D eigenvalue weighted by molar-refractivity contribution is 7.79. The lowest BCUT2D eigenvalue weighted by atomic mass is 10.1. The molecular formula is C15H28N2OS. The van der Waals surface area contributed by atoms with Crippen LogP contribution in [-0.4, -0.2) is 18.2 Å². The van der Waals surface area contributed by atoms with E-state index in [-0.39, 0.29) is 5.90 Å². The van der Waals surface area contributed by atoms with Crippen molar-refractivity contribution in [2.24, 2.45) is 4.40 Å². The first kappa shape index (κ1) is 18.2. The Labute approximate surface area is 123 Å². The van der Waals surface area contributed by atoms with Crippen LogP contribution in [-0.2, 0) is 4.74 Å². The molecule has 19 heavy (non-hydrogen) atoms. The van der Waals surface area contributed by atoms with Crippen molar-refractivity contribution in [3.8, 4) is 0 Å². The van der Waals surface area contributed by atoms with Crippen LogP contribution in [0, 0.1) is 5.41 Å². The normalized spacial score (nSPS) is 12.6. The second-order valence-corrected chi connectivity index (χ2v) is 4.76. The van der Waals surface area contributed by atoms with Crippen LogP contribution in [0.1, 0.15) is 65.7 Å². The van der Waals surface area contributed by atoms with Crippen molar-refractivity contribution in [2.75, 3.05) is 6.61 Å². The maximum Gasteiger partial charge on any atom is 0.233 e. The van der Waals surface area contributed by atoms with Crippen molar-refractivity contribution in [3.05, 3.63) is 11.6 Å². The van der Waals surface area contributed by atoms with Gasteiger partial charge in [0.1, 0.15) is 5.71 Å². The zero-order valence-corrected chi connectivity index (χ0v) is 13.4. The van der Waals surface area contributed by atoms with E-state index in [1.165, 1.54) is 12.8 Å². The maximum absolute atomic E-state index is 7.95. The zero-order valence-electron chi connectivity index (χ0n) is 12.5. The molecule has 0 bridgehead atoms. The predicted octanol–water partition coefficient (Wildman–Crippen LogP) is 4.98. The summed E-state index contributed by atoms with van der Waals surface area (Å²) >= 11 is 3.98. The number of hydrogen-bond donors (Lipinski definition) is 2. The van der Waals surface area contributed by atoms with Crippen molar-refractivity contribution in [1.29, 1.82) is 5.41 Å². The Morgan fingerprint density at radius 3 is 2.42 bits per heavy atom. The van der Waals surface area contributed by atoms with E-state index in [1.807, 2.05) is 0 Å². The van der Waals surface area contributed by atoms with Gasteiger partial charge in [-0.05, 0) is 37.7 Å². The van der Waals surface area contributed by atoms with Gasteiger partial charge < -0.3 is 4.74 Å². The lowest BCUT2D eigenvalue weighted by Gasteiger charge is -2.11. The lowest BCUT2D eigenvalue weighted by Crippen LogP contribution is -2.19. The Hall–Kier alpha value is -0.770. The summed E-state index contributed by atoms with van der Waals surface area (Å²) in [4.78, 5) is 0. The van der Waals surface area contributed by atoms with E-state index in [4.69, 9.17) is 10.1 Å². The summed E-state index contributed by atoms with van der Waals surface area (Å²) in [6.45, 7) is 6.98. The topological polar surface area (TPSA) is 45.4 Å². The van der Waals surface area contributed by atoms with Crippen molar-refractivity contribution < 1.29 is 4.74 Å². The van der Waals surface area contributed by atoms with Gasteiger partial charge in [0.05, 0.1) is 6.61 Å². The number of allylic oxidation sites excluding steroid dienone is 1. The Morgan fingerprint density at radius 1 is 1.16 bits per heavy atom. The van der Waals surface area contributed by atoms with Crippen LogP contribution in [0.3, 0.4) is 0 Å². The third-order valence-corrected chi connectivity index (χ3v) is 3.12. The molecule has 0 aliphatic rings. The minimum absolute atomic E-state index is 0.149. The molecule has 0 aromatic rings. The molecule has 0 unspecified atom stereocenters. The molecule has 0 saturated carbocycles. The van der Waals surface area contributed by atoms with Crippen LogP contribution in [0.15, 0.2) is 16.0 Å². The Bertz CT molecular complexity index is 311. The summed E-state index contributed by atoms with van der Waals surface area (Å²) < 4.78 is 9.39. The largest absolute Gasteiger partial charge is 0.477 e. The van der Waals surface area contributed by atoms with Crippen molar-refractivity contribution in [2.45, 2.75) is 65.7 Å². The van der Waals surface area contributed by atoms with Crippen molar-refractivity contribution in [1.82, 2.24) is 0 Å². The Balaban J connectivity index is 4.31. The van der Waals surface area contributed by atoms with Crippen LogP contribution in [0.2, 0.25) is 0 Å². The van der Waals surface area contributed by atoms with Crippen LogP contribution in [0.4, 0.5) is 0 Å². The van der Waals surface area contributed by atoms with Crippen LogP contribution in [0.25, 0.3) is 0 Å². The van der Waals surface area contributed by atoms with Gasteiger partial charge in [0, 0.05) is 0 Å². The molecule has 4 heteroatoms. The highest BCUT2D eigenvalue weighted by Gasteiger charge is 2.12. The summed E-state index contributed by atoms with van der Waals surface area (Å²) in [5.41, 5.74) is 1.63. The number of unbranched alkanes of at least 4 members (excludes halogenated alkanes) is 4. The molecule has 3 nitrogen and oxygen atoms in total. The monoisotopic (exact) mass is 284 g/mol. The smallest absolute Gasteiger partial charge is 0.233 e. The lowest BCUT2D eigenvalue weighted by molar-refractivity contribution is 0.296. The molecule has 0 aromatic heterocycles. The number of ether oxygens (including phenoxy) is 1. The first-order chi connectivity index (χ1) is 9.21. The van der Waals surface area contributed by atoms with E-state index in [2.05, 4.69) is 44.1 Å². The summed E-state index contributed by atoms with van der Waals surface area (Å²) in [6, 6.07) is 0. The number of nitrogens with zero attached hydrogens (tertiary/aromatic N) is 1. The molecular weight excluding hydrogens is 256 g/mol. The molecule has 0 aliphatic heterocycles. The average molecular weight is 284 g/mol. The van der Waals surface area contributed by atoms with E-state index >= 15 is 0 Å². The SMILES string of the molecule is CCC/C=C(CC)/C(=N/S)C(=N)OCCCCCC. The Kier molecular flexibility index (Phi) is 11.8. The van der Waals surface area contributed by atoms with E-state index < -0.39 is 0 Å². The van der Waals surface area contributed by atoms with E-state index in [1.54, 1.807) is 0 Å². The summed E-state index contributed by atoms with van der Waals surface area (Å²) in [6.07, 6.45) is 9.65. The fourth-order valence-electron chi connectivity index (χ4n) is 1.75. The summed E-state index contributed by atoms with van der Waals surface area (Å²) in [7, 11) is 0. The van der Waals surface area contributed by atoms with Crippen LogP contribution < -0.4 is 0 Å². The average Bonchev–Trinajstić information content (AvgIpc) is 2.43. The molecule has 0 amide bonds. The minimum atomic E-state index is 0.149. The number of hydrogen-bond acceptors (Lipinski definition) is 4. The van der Waals surface area contributed by atoms with Gasteiger partial charge in [0.15, 0.2) is 0 Å². The van der Waals surface area contributed by atoms with E-state index in [0.29, 0.717) is 12.3 Å². The standard InChI is InChI=1S/C15H28N2OS/c1-4-7-9-10-12-18-15(16)14(17-19)13(6-3)11-8-5-2/h11,16,19H,4-10,12H2,1-3H3/b13-11+,16-15?,17-14-. The van der Waals surface area contributed by atoms with Gasteiger partial charge in [-0.15, -0.1) is 0 Å². The Morgan fingerprint density at radius 2 is 1.89 bits per heavy atom. The highest BCUT2D eigenvalue weighted by Crippen LogP contribution is 2.10. The molecule has 0 atom stereocenters. The second-order valence-electron chi connectivity index (χ2n) is 4.56. The molecule has 1 N–H and O–H groups in total. The van der Waals surface area contributed by atoms with Gasteiger partial charge in [-0.25, -0.2) is 4.40 Å². The summed E-state index contributed by atoms with van der Waals surface area (Å²) in [5.74, 6) is 0.149. The number of thiol groups is 1. The first-order valence-electron chi connectivity index (χ1n) is 7.34. The zero-order chi connectivity index (χ0) is 14.5. The van der Waals surface area contributed by atoms with Crippen LogP contribution in [0.5, 0.6) is 0 Å². The molecule has 0 heterocycles. The van der Waals surface area contributed by atoms with Gasteiger partial charge in [0.2, 0.25) is 5.90 Å². The number of rotatable bonds is 10. The van der Waals surface area contributed by atoms with E-state index in [0.717, 1.165) is 37.7 Å². The molecule has 0 aliphatic carbocycles. The van der Waals surface area contributed by atoms with E-state index in [9.17, 15) is 0 Å². The first-order valence-corrected chi connectivity index (χ1v) is 7.74. The number of nitrogens with one attached hydrogen (secondary N) is 1. The van der Waals surface area contributed by atoms with Gasteiger partial charge in [0.25, 0.3) is 0 Å². The molecule has 0 spiro atoms. The van der Waals surface area contributed by atoms with Crippen molar-refractivity contribution in [3.63, 3.8) is 0 Å². The molecule has 0 radical (unpaired) electrons. The molecule has 0 saturated heterocycles. The highest BCUT2D eigenvalue weighted by atomic mass is 32.1. The second kappa shape index (κ2) is 12.3. The van der Waals surface area contributed by atoms with Crippen LogP contribution >= 0.6 is 12.8 Å². The van der Waals surface area contributed by atoms with Gasteiger partial charge in [-0.1, -0.05) is 52.5 Å². The summed E-state index contributed by atoms with van der Waals surface area (Å²) in [5, 5.41) is 7.95. The molecule has 0 aromatic carbocycles. The third-order valence-electron chi connectivity index (χ3n) is 2.92. The third kappa shape index (κ3) is 8.09. The maximum atomic E-state index is 7.95. The molecule has 0 fully saturated rings. The fraction of sp³-hybridized carbons (Fsp3) is 0.733. The quantitative estimate of drug-likeness (QED) is 0.253. The minimum Gasteiger partial charge on any atom is -0.477 e. The fourth-order valence-corrected chi connectivity index (χ4v) is 1.97. The van der Waals surface area contributed by atoms with Gasteiger partial charge in [-0.3, -0.25) is 5.41 Å². The molecule has 0 rings (SSSR count). The van der Waals surface area contributed by atoms with Gasteiger partial charge >= 0.3 is 0 Å². The predicted molar refractivity (Wildman–Crippen MR) is 87.5 cm³/mol. The van der Waals surface area contributed by atoms with Crippen molar-refractivity contribution >= 4 is 24.4 Å².